The molecule has 1 aliphatic rings. The van der Waals surface area contributed by atoms with Gasteiger partial charge >= 0.3 is 5.97 Å². The van der Waals surface area contributed by atoms with Gasteiger partial charge in [0.15, 0.2) is 0 Å². The zero-order valence-electron chi connectivity index (χ0n) is 10.9. The number of carbonyl (C=O) groups excluding carboxylic acids is 2. The lowest BCUT2D eigenvalue weighted by Gasteiger charge is -2.23. The molecule has 7 heteroatoms. The van der Waals surface area contributed by atoms with Gasteiger partial charge in [0.1, 0.15) is 6.04 Å². The van der Waals surface area contributed by atoms with Crippen LogP contribution in [0.5, 0.6) is 0 Å². The van der Waals surface area contributed by atoms with Gasteiger partial charge in [0.2, 0.25) is 11.8 Å². The second-order valence-electron chi connectivity index (χ2n) is 4.59. The fraction of sp³-hybridized carbons (Fsp3) is 0.750. The number of nitrogens with one attached hydrogen (secondary N) is 3. The van der Waals surface area contributed by atoms with E-state index in [-0.39, 0.29) is 30.8 Å². The summed E-state index contributed by atoms with van der Waals surface area (Å²) in [6, 6.07) is -0.357. The molecule has 1 heterocycles. The summed E-state index contributed by atoms with van der Waals surface area (Å²) >= 11 is 0. The van der Waals surface area contributed by atoms with E-state index >= 15 is 0 Å². The zero-order chi connectivity index (χ0) is 14.1. The molecule has 2 amide bonds. The lowest BCUT2D eigenvalue weighted by molar-refractivity contribution is -0.137. The SMILES string of the molecule is O=C(O)CCCCCCNC(=O)C1CNC(=O)CN1. The normalized spacial score (nSPS) is 18.7. The van der Waals surface area contributed by atoms with Crippen molar-refractivity contribution < 1.29 is 19.5 Å². The van der Waals surface area contributed by atoms with Gasteiger partial charge < -0.3 is 15.7 Å². The minimum atomic E-state index is -0.765. The number of amides is 2. The van der Waals surface area contributed by atoms with Gasteiger partial charge in [-0.05, 0) is 12.8 Å². The van der Waals surface area contributed by atoms with Crippen molar-refractivity contribution in [3.63, 3.8) is 0 Å². The largest absolute Gasteiger partial charge is 0.481 e. The van der Waals surface area contributed by atoms with E-state index in [9.17, 15) is 14.4 Å². The second-order valence-corrected chi connectivity index (χ2v) is 4.59. The Bertz CT molecular complexity index is 323. The van der Waals surface area contributed by atoms with Crippen LogP contribution in [0.25, 0.3) is 0 Å². The van der Waals surface area contributed by atoms with Gasteiger partial charge in [0, 0.05) is 19.5 Å². The van der Waals surface area contributed by atoms with Crippen LogP contribution in [-0.4, -0.2) is 48.6 Å². The number of aliphatic carboxylic acids is 1. The molecular weight excluding hydrogens is 250 g/mol. The number of unbranched alkanes of at least 4 members (excludes halogenated alkanes) is 3. The third-order valence-corrected chi connectivity index (χ3v) is 2.95. The predicted molar refractivity (Wildman–Crippen MR) is 68.5 cm³/mol. The number of piperazine rings is 1. The molecule has 1 unspecified atom stereocenters. The highest BCUT2D eigenvalue weighted by atomic mass is 16.4. The first-order valence-corrected chi connectivity index (χ1v) is 6.59. The van der Waals surface area contributed by atoms with E-state index in [4.69, 9.17) is 5.11 Å². The summed E-state index contributed by atoms with van der Waals surface area (Å²) < 4.78 is 0. The quantitative estimate of drug-likeness (QED) is 0.433. The van der Waals surface area contributed by atoms with Crippen molar-refractivity contribution >= 4 is 17.8 Å². The van der Waals surface area contributed by atoms with Gasteiger partial charge in [-0.2, -0.15) is 0 Å². The molecule has 108 valence electrons. The fourth-order valence-electron chi connectivity index (χ4n) is 1.84. The van der Waals surface area contributed by atoms with Crippen LogP contribution in [0, 0.1) is 0 Å². The van der Waals surface area contributed by atoms with Crippen molar-refractivity contribution in [1.82, 2.24) is 16.0 Å². The molecule has 1 rings (SSSR count). The highest BCUT2D eigenvalue weighted by Gasteiger charge is 2.22. The summed E-state index contributed by atoms with van der Waals surface area (Å²) in [4.78, 5) is 32.9. The molecule has 1 aliphatic heterocycles. The van der Waals surface area contributed by atoms with Crippen LogP contribution in [0.4, 0.5) is 0 Å². The van der Waals surface area contributed by atoms with Gasteiger partial charge in [-0.25, -0.2) is 0 Å². The van der Waals surface area contributed by atoms with Gasteiger partial charge in [-0.15, -0.1) is 0 Å². The van der Waals surface area contributed by atoms with Gasteiger partial charge in [0.25, 0.3) is 0 Å². The Morgan fingerprint density at radius 2 is 2.00 bits per heavy atom. The summed E-state index contributed by atoms with van der Waals surface area (Å²) in [5.74, 6) is -0.966. The van der Waals surface area contributed by atoms with Crippen molar-refractivity contribution in [2.24, 2.45) is 0 Å². The van der Waals surface area contributed by atoms with Crippen LogP contribution < -0.4 is 16.0 Å². The third kappa shape index (κ3) is 6.76. The standard InChI is InChI=1S/C12H21N3O4/c16-10-8-14-9(7-15-10)12(19)13-6-4-2-1-3-5-11(17)18/h9,14H,1-8H2,(H,13,19)(H,15,16)(H,17,18). The minimum absolute atomic E-state index is 0.0949. The van der Waals surface area contributed by atoms with Gasteiger partial charge in [0.05, 0.1) is 6.54 Å². The smallest absolute Gasteiger partial charge is 0.303 e. The van der Waals surface area contributed by atoms with E-state index in [1.165, 1.54) is 0 Å². The maximum absolute atomic E-state index is 11.7. The number of rotatable bonds is 8. The van der Waals surface area contributed by atoms with Crippen molar-refractivity contribution in [2.45, 2.75) is 38.1 Å². The van der Waals surface area contributed by atoms with E-state index in [0.29, 0.717) is 19.5 Å². The Hall–Kier alpha value is -1.63. The molecule has 0 spiro atoms. The Balaban J connectivity index is 1.98. The molecule has 1 saturated heterocycles. The maximum atomic E-state index is 11.7. The third-order valence-electron chi connectivity index (χ3n) is 2.95. The van der Waals surface area contributed by atoms with Crippen molar-refractivity contribution in [1.29, 1.82) is 0 Å². The molecular formula is C12H21N3O4. The summed E-state index contributed by atoms with van der Waals surface area (Å²) in [5.41, 5.74) is 0. The number of hydrogen-bond donors (Lipinski definition) is 4. The Morgan fingerprint density at radius 3 is 2.63 bits per heavy atom. The van der Waals surface area contributed by atoms with Crippen LogP contribution in [0.3, 0.4) is 0 Å². The molecule has 0 saturated carbocycles. The first-order chi connectivity index (χ1) is 9.09. The average molecular weight is 271 g/mol. The molecule has 1 fully saturated rings. The molecule has 0 aromatic heterocycles. The van der Waals surface area contributed by atoms with Gasteiger partial charge in [-0.3, -0.25) is 19.7 Å². The number of carboxylic acid groups (broad SMARTS) is 1. The molecule has 19 heavy (non-hydrogen) atoms. The van der Waals surface area contributed by atoms with E-state index in [2.05, 4.69) is 16.0 Å². The fourth-order valence-corrected chi connectivity index (χ4v) is 1.84. The monoisotopic (exact) mass is 271 g/mol. The number of carboxylic acids is 1. The lowest BCUT2D eigenvalue weighted by atomic mass is 10.1. The Labute approximate surface area is 112 Å². The molecule has 7 nitrogen and oxygen atoms in total. The maximum Gasteiger partial charge on any atom is 0.303 e. The molecule has 0 aliphatic carbocycles. The summed E-state index contributed by atoms with van der Waals surface area (Å²) in [5, 5.41) is 16.7. The Kier molecular flexibility index (Phi) is 6.88. The first kappa shape index (κ1) is 15.4. The molecule has 0 bridgehead atoms. The topological polar surface area (TPSA) is 108 Å². The van der Waals surface area contributed by atoms with E-state index in [0.717, 1.165) is 19.3 Å². The summed E-state index contributed by atoms with van der Waals surface area (Å²) in [7, 11) is 0. The summed E-state index contributed by atoms with van der Waals surface area (Å²) in [6.07, 6.45) is 3.49. The van der Waals surface area contributed by atoms with E-state index < -0.39 is 5.97 Å². The lowest BCUT2D eigenvalue weighted by Crippen LogP contribution is -2.58. The number of carbonyl (C=O) groups is 3. The van der Waals surface area contributed by atoms with E-state index in [1.807, 2.05) is 0 Å². The highest BCUT2D eigenvalue weighted by Crippen LogP contribution is 2.02. The highest BCUT2D eigenvalue weighted by molar-refractivity contribution is 5.86. The molecule has 1 atom stereocenters. The molecule has 0 aromatic carbocycles. The molecule has 0 aromatic rings. The van der Waals surface area contributed by atoms with Crippen LogP contribution in [0.1, 0.15) is 32.1 Å². The summed E-state index contributed by atoms with van der Waals surface area (Å²) in [6.45, 7) is 1.08. The molecule has 4 N–H and O–H groups in total. The average Bonchev–Trinajstić information content (AvgIpc) is 2.38. The van der Waals surface area contributed by atoms with Gasteiger partial charge in [-0.1, -0.05) is 12.8 Å². The minimum Gasteiger partial charge on any atom is -0.481 e. The van der Waals surface area contributed by atoms with Crippen molar-refractivity contribution in [3.05, 3.63) is 0 Å². The second kappa shape index (κ2) is 8.47. The predicted octanol–water partition coefficient (Wildman–Crippen LogP) is -0.774. The Morgan fingerprint density at radius 1 is 1.26 bits per heavy atom. The van der Waals surface area contributed by atoms with Crippen LogP contribution in [0.15, 0.2) is 0 Å². The zero-order valence-corrected chi connectivity index (χ0v) is 10.9. The van der Waals surface area contributed by atoms with Crippen LogP contribution >= 0.6 is 0 Å². The van der Waals surface area contributed by atoms with Crippen molar-refractivity contribution in [2.75, 3.05) is 19.6 Å². The van der Waals surface area contributed by atoms with E-state index in [1.54, 1.807) is 0 Å². The molecule has 0 radical (unpaired) electrons. The first-order valence-electron chi connectivity index (χ1n) is 6.59. The number of hydrogen-bond acceptors (Lipinski definition) is 4. The van der Waals surface area contributed by atoms with Crippen molar-refractivity contribution in [3.8, 4) is 0 Å². The van der Waals surface area contributed by atoms with Crippen LogP contribution in [0.2, 0.25) is 0 Å². The van der Waals surface area contributed by atoms with Crippen LogP contribution in [-0.2, 0) is 14.4 Å².